The predicted molar refractivity (Wildman–Crippen MR) is 74.7 cm³/mol. The van der Waals surface area contributed by atoms with Crippen LogP contribution in [0.4, 0.5) is 4.39 Å². The number of para-hydroxylation sites is 1. The van der Waals surface area contributed by atoms with Crippen LogP contribution in [0.25, 0.3) is 0 Å². The summed E-state index contributed by atoms with van der Waals surface area (Å²) in [5, 5.41) is 0. The monoisotopic (exact) mass is 266 g/mol. The van der Waals surface area contributed by atoms with Crippen LogP contribution in [0.2, 0.25) is 0 Å². The Labute approximate surface area is 114 Å². The van der Waals surface area contributed by atoms with E-state index in [1.807, 2.05) is 0 Å². The maximum atomic E-state index is 13.3. The van der Waals surface area contributed by atoms with Gasteiger partial charge < -0.3 is 10.5 Å². The third-order valence-corrected chi connectivity index (χ3v) is 3.88. The molecule has 0 bridgehead atoms. The molecule has 1 atom stereocenters. The number of ether oxygens (including phenoxy) is 1. The largest absolute Gasteiger partial charge is 0.489 e. The highest BCUT2D eigenvalue weighted by Gasteiger charge is 2.21. The molecule has 0 aromatic heterocycles. The quantitative estimate of drug-likeness (QED) is 0.888. The van der Waals surface area contributed by atoms with Gasteiger partial charge in [-0.1, -0.05) is 12.1 Å². The number of hydrogen-bond donors (Lipinski definition) is 1. The number of benzene rings is 1. The Hall–Kier alpha value is -1.13. The summed E-state index contributed by atoms with van der Waals surface area (Å²) in [4.78, 5) is 2.36. The number of rotatable bonds is 5. The average Bonchev–Trinajstić information content (AvgIpc) is 2.41. The molecule has 1 fully saturated rings. The molecule has 4 heteroatoms. The first-order valence-corrected chi connectivity index (χ1v) is 7.02. The van der Waals surface area contributed by atoms with Gasteiger partial charge >= 0.3 is 0 Å². The Kier molecular flexibility index (Phi) is 5.16. The lowest BCUT2D eigenvalue weighted by Gasteiger charge is -2.33. The Morgan fingerprint density at radius 1 is 1.37 bits per heavy atom. The van der Waals surface area contributed by atoms with Gasteiger partial charge in [0.15, 0.2) is 11.6 Å². The number of nitrogens with zero attached hydrogens (tertiary/aromatic N) is 1. The van der Waals surface area contributed by atoms with Crippen molar-refractivity contribution in [2.24, 2.45) is 11.7 Å². The highest BCUT2D eigenvalue weighted by Crippen LogP contribution is 2.19. The topological polar surface area (TPSA) is 38.5 Å². The molecule has 1 aromatic carbocycles. The first-order chi connectivity index (χ1) is 9.16. The minimum Gasteiger partial charge on any atom is -0.489 e. The predicted octanol–water partition coefficient (Wildman–Crippen LogP) is 2.26. The molecule has 0 saturated carbocycles. The highest BCUT2D eigenvalue weighted by molar-refractivity contribution is 5.23. The third-order valence-electron chi connectivity index (χ3n) is 3.88. The molecule has 1 aromatic rings. The van der Waals surface area contributed by atoms with Crippen molar-refractivity contribution in [3.63, 3.8) is 0 Å². The second-order valence-corrected chi connectivity index (χ2v) is 5.32. The van der Waals surface area contributed by atoms with Crippen molar-refractivity contribution < 1.29 is 9.13 Å². The lowest BCUT2D eigenvalue weighted by Crippen LogP contribution is -2.41. The normalized spacial score (nSPS) is 19.3. The molecule has 0 radical (unpaired) electrons. The van der Waals surface area contributed by atoms with Crippen LogP contribution in [0, 0.1) is 11.7 Å². The summed E-state index contributed by atoms with van der Waals surface area (Å²) in [7, 11) is 0. The fraction of sp³-hybridized carbons (Fsp3) is 0.600. The van der Waals surface area contributed by atoms with Crippen molar-refractivity contribution in [3.05, 3.63) is 30.1 Å². The first-order valence-electron chi connectivity index (χ1n) is 7.02. The van der Waals surface area contributed by atoms with Gasteiger partial charge in [0, 0.05) is 12.6 Å². The Bertz CT molecular complexity index is 389. The van der Waals surface area contributed by atoms with Crippen LogP contribution in [0.1, 0.15) is 19.8 Å². The maximum Gasteiger partial charge on any atom is 0.165 e. The number of halogens is 1. The number of hydrogen-bond acceptors (Lipinski definition) is 3. The summed E-state index contributed by atoms with van der Waals surface area (Å²) in [6.45, 7) is 5.59. The highest BCUT2D eigenvalue weighted by atomic mass is 19.1. The standard InChI is InChI=1S/C15H23FN2O/c1-12(17)13-6-8-18(9-7-13)10-11-19-15-5-3-2-4-14(15)16/h2-5,12-13H,6-11,17H2,1H3. The van der Waals surface area contributed by atoms with E-state index in [1.165, 1.54) is 6.07 Å². The summed E-state index contributed by atoms with van der Waals surface area (Å²) in [6, 6.07) is 6.83. The number of nitrogens with two attached hydrogens (primary N) is 1. The van der Waals surface area contributed by atoms with Crippen molar-refractivity contribution in [1.82, 2.24) is 4.90 Å². The summed E-state index contributed by atoms with van der Waals surface area (Å²) in [5.74, 6) is 0.690. The Balaban J connectivity index is 1.69. The number of likely N-dealkylation sites (tertiary alicyclic amines) is 1. The van der Waals surface area contributed by atoms with Crippen LogP contribution in [-0.4, -0.2) is 37.2 Å². The van der Waals surface area contributed by atoms with E-state index in [0.29, 0.717) is 18.3 Å². The van der Waals surface area contributed by atoms with E-state index in [9.17, 15) is 4.39 Å². The first kappa shape index (κ1) is 14.3. The second-order valence-electron chi connectivity index (χ2n) is 5.32. The van der Waals surface area contributed by atoms with E-state index in [4.69, 9.17) is 10.5 Å². The van der Waals surface area contributed by atoms with Crippen LogP contribution in [0.3, 0.4) is 0 Å². The average molecular weight is 266 g/mol. The van der Waals surface area contributed by atoms with Gasteiger partial charge in [-0.3, -0.25) is 4.90 Å². The molecule has 2 N–H and O–H groups in total. The van der Waals surface area contributed by atoms with E-state index in [-0.39, 0.29) is 11.9 Å². The Morgan fingerprint density at radius 2 is 2.05 bits per heavy atom. The molecule has 3 nitrogen and oxygen atoms in total. The lowest BCUT2D eigenvalue weighted by molar-refractivity contribution is 0.145. The minimum absolute atomic E-state index is 0.289. The molecule has 0 aliphatic carbocycles. The van der Waals surface area contributed by atoms with Crippen molar-refractivity contribution in [2.75, 3.05) is 26.2 Å². The molecule has 0 spiro atoms. The molecule has 2 rings (SSSR count). The Morgan fingerprint density at radius 3 is 2.68 bits per heavy atom. The van der Waals surface area contributed by atoms with Gasteiger partial charge in [-0.2, -0.15) is 0 Å². The molecule has 1 heterocycles. The zero-order valence-electron chi connectivity index (χ0n) is 11.5. The smallest absolute Gasteiger partial charge is 0.165 e. The summed E-state index contributed by atoms with van der Waals surface area (Å²) in [5.41, 5.74) is 5.92. The van der Waals surface area contributed by atoms with E-state index >= 15 is 0 Å². The molecule has 19 heavy (non-hydrogen) atoms. The number of piperidine rings is 1. The SMILES string of the molecule is CC(N)C1CCN(CCOc2ccccc2F)CC1. The molecular formula is C15H23FN2O. The van der Waals surface area contributed by atoms with Gasteiger partial charge in [0.2, 0.25) is 0 Å². The van der Waals surface area contributed by atoms with Crippen LogP contribution in [-0.2, 0) is 0 Å². The van der Waals surface area contributed by atoms with Crippen molar-refractivity contribution in [3.8, 4) is 5.75 Å². The van der Waals surface area contributed by atoms with Crippen LogP contribution < -0.4 is 10.5 Å². The van der Waals surface area contributed by atoms with Gasteiger partial charge in [-0.15, -0.1) is 0 Å². The summed E-state index contributed by atoms with van der Waals surface area (Å²) in [6.07, 6.45) is 2.30. The molecule has 1 unspecified atom stereocenters. The van der Waals surface area contributed by atoms with Crippen LogP contribution >= 0.6 is 0 Å². The summed E-state index contributed by atoms with van der Waals surface area (Å²) < 4.78 is 18.8. The zero-order chi connectivity index (χ0) is 13.7. The molecule has 1 saturated heterocycles. The van der Waals surface area contributed by atoms with E-state index < -0.39 is 0 Å². The van der Waals surface area contributed by atoms with Crippen LogP contribution in [0.15, 0.2) is 24.3 Å². The van der Waals surface area contributed by atoms with Gasteiger partial charge in [0.1, 0.15) is 6.61 Å². The molecule has 106 valence electrons. The van der Waals surface area contributed by atoms with Gasteiger partial charge in [0.05, 0.1) is 0 Å². The maximum absolute atomic E-state index is 13.3. The molecule has 1 aliphatic heterocycles. The third kappa shape index (κ3) is 4.18. The van der Waals surface area contributed by atoms with E-state index in [0.717, 1.165) is 32.5 Å². The fourth-order valence-electron chi connectivity index (χ4n) is 2.55. The van der Waals surface area contributed by atoms with E-state index in [2.05, 4.69) is 11.8 Å². The summed E-state index contributed by atoms with van der Waals surface area (Å²) >= 11 is 0. The fourth-order valence-corrected chi connectivity index (χ4v) is 2.55. The van der Waals surface area contributed by atoms with Crippen molar-refractivity contribution >= 4 is 0 Å². The van der Waals surface area contributed by atoms with Gasteiger partial charge in [0.25, 0.3) is 0 Å². The van der Waals surface area contributed by atoms with Crippen LogP contribution in [0.5, 0.6) is 5.75 Å². The van der Waals surface area contributed by atoms with Gasteiger partial charge in [-0.05, 0) is 50.9 Å². The molecule has 0 amide bonds. The van der Waals surface area contributed by atoms with Gasteiger partial charge in [-0.25, -0.2) is 4.39 Å². The van der Waals surface area contributed by atoms with Crippen molar-refractivity contribution in [1.29, 1.82) is 0 Å². The lowest BCUT2D eigenvalue weighted by atomic mass is 9.91. The molecule has 1 aliphatic rings. The second kappa shape index (κ2) is 6.87. The molecular weight excluding hydrogens is 243 g/mol. The minimum atomic E-state index is -0.293. The zero-order valence-corrected chi connectivity index (χ0v) is 11.5. The van der Waals surface area contributed by atoms with Crippen molar-refractivity contribution in [2.45, 2.75) is 25.8 Å². The van der Waals surface area contributed by atoms with E-state index in [1.54, 1.807) is 18.2 Å².